The number of ketones is 1. The minimum absolute atomic E-state index is 0.0819. The van der Waals surface area contributed by atoms with Crippen molar-refractivity contribution < 1.29 is 14.6 Å². The number of fused-ring (bicyclic) bond motifs is 1. The summed E-state index contributed by atoms with van der Waals surface area (Å²) in [7, 11) is 3.57. The van der Waals surface area contributed by atoms with E-state index in [4.69, 9.17) is 4.74 Å². The van der Waals surface area contributed by atoms with Gasteiger partial charge >= 0.3 is 0 Å². The highest BCUT2D eigenvalue weighted by Crippen LogP contribution is 2.27. The molecule has 1 aromatic carbocycles. The number of anilines is 2. The van der Waals surface area contributed by atoms with Gasteiger partial charge in [0.1, 0.15) is 0 Å². The SMILES string of the molecule is CO[C@@H]1CN(Cc2cn(-c3ccnc(Nc4ccc5c(c4)c(C(=O)C(C)C)cn5C)n3)nc2C)C[C@@H]1O. The van der Waals surface area contributed by atoms with Gasteiger partial charge in [0.2, 0.25) is 5.95 Å². The van der Waals surface area contributed by atoms with Gasteiger partial charge in [0.15, 0.2) is 11.6 Å². The standard InChI is InChI=1S/C27H33N7O3/c1-16(2)26(36)21-13-32(4)22-7-6-19(10-20(21)22)29-27-28-9-8-25(30-27)34-12-18(17(3)31-34)11-33-14-23(35)24(15-33)37-5/h6-10,12-13,16,23-24,35H,11,14-15H2,1-5H3,(H,28,29,30)/t23-,24+/m0/s1. The van der Waals surface area contributed by atoms with Crippen LogP contribution in [0.5, 0.6) is 0 Å². The van der Waals surface area contributed by atoms with E-state index in [9.17, 15) is 9.90 Å². The fourth-order valence-corrected chi connectivity index (χ4v) is 4.85. The van der Waals surface area contributed by atoms with E-state index in [0.29, 0.717) is 37.0 Å². The number of methoxy groups -OCH3 is 1. The van der Waals surface area contributed by atoms with Crippen LogP contribution in [0.3, 0.4) is 0 Å². The molecule has 2 N–H and O–H groups in total. The van der Waals surface area contributed by atoms with Crippen molar-refractivity contribution in [3.05, 3.63) is 59.7 Å². The Balaban J connectivity index is 1.36. The maximum absolute atomic E-state index is 12.7. The van der Waals surface area contributed by atoms with Gasteiger partial charge in [-0.3, -0.25) is 9.69 Å². The summed E-state index contributed by atoms with van der Waals surface area (Å²) in [6.07, 6.45) is 4.90. The zero-order chi connectivity index (χ0) is 26.3. The van der Waals surface area contributed by atoms with Gasteiger partial charge < -0.3 is 19.7 Å². The van der Waals surface area contributed by atoms with Crippen LogP contribution in [0, 0.1) is 12.8 Å². The molecule has 0 aliphatic carbocycles. The lowest BCUT2D eigenvalue weighted by atomic mass is 10.0. The van der Waals surface area contributed by atoms with Crippen LogP contribution < -0.4 is 5.32 Å². The summed E-state index contributed by atoms with van der Waals surface area (Å²) < 4.78 is 9.08. The molecule has 1 fully saturated rings. The topological polar surface area (TPSA) is 110 Å². The summed E-state index contributed by atoms with van der Waals surface area (Å²) in [5.41, 5.74) is 4.47. The summed E-state index contributed by atoms with van der Waals surface area (Å²) in [5.74, 6) is 1.11. The minimum Gasteiger partial charge on any atom is -0.389 e. The highest BCUT2D eigenvalue weighted by Gasteiger charge is 2.31. The van der Waals surface area contributed by atoms with Crippen molar-refractivity contribution in [2.75, 3.05) is 25.5 Å². The van der Waals surface area contributed by atoms with Gasteiger partial charge in [0, 0.05) is 92.1 Å². The van der Waals surface area contributed by atoms with E-state index in [-0.39, 0.29) is 17.8 Å². The van der Waals surface area contributed by atoms with E-state index in [1.807, 2.05) is 69.0 Å². The van der Waals surface area contributed by atoms with Crippen molar-refractivity contribution in [2.24, 2.45) is 13.0 Å². The Bertz CT molecular complexity index is 1440. The second kappa shape index (κ2) is 10.0. The number of aryl methyl sites for hydroxylation is 2. The molecule has 1 aliphatic heterocycles. The fraction of sp³-hybridized carbons (Fsp3) is 0.407. The van der Waals surface area contributed by atoms with Gasteiger partial charge in [0.05, 0.1) is 17.9 Å². The van der Waals surface area contributed by atoms with E-state index < -0.39 is 6.10 Å². The molecule has 1 aliphatic rings. The van der Waals surface area contributed by atoms with Crippen LogP contribution in [-0.2, 0) is 18.3 Å². The van der Waals surface area contributed by atoms with Crippen LogP contribution in [0.25, 0.3) is 16.7 Å². The normalized spacial score (nSPS) is 18.2. The molecular weight excluding hydrogens is 470 g/mol. The van der Waals surface area contributed by atoms with Crippen LogP contribution in [0.15, 0.2) is 42.9 Å². The summed E-state index contributed by atoms with van der Waals surface area (Å²) >= 11 is 0. The Morgan fingerprint density at radius 1 is 1.24 bits per heavy atom. The molecule has 0 spiro atoms. The van der Waals surface area contributed by atoms with Crippen LogP contribution in [0.2, 0.25) is 0 Å². The van der Waals surface area contributed by atoms with Gasteiger partial charge in [-0.1, -0.05) is 13.8 Å². The van der Waals surface area contributed by atoms with Crippen molar-refractivity contribution in [3.63, 3.8) is 0 Å². The second-order valence-electron chi connectivity index (χ2n) is 9.99. The summed E-state index contributed by atoms with van der Waals surface area (Å²) in [4.78, 5) is 24.0. The summed E-state index contributed by atoms with van der Waals surface area (Å²) in [6, 6.07) is 7.72. The van der Waals surface area contributed by atoms with E-state index in [2.05, 4.69) is 25.3 Å². The molecule has 0 unspecified atom stereocenters. The third kappa shape index (κ3) is 5.00. The van der Waals surface area contributed by atoms with Gasteiger partial charge in [0.25, 0.3) is 0 Å². The number of hydrogen-bond acceptors (Lipinski definition) is 8. The minimum atomic E-state index is -0.481. The number of Topliss-reactive ketones (excluding diaryl/α,β-unsaturated/α-hetero) is 1. The van der Waals surface area contributed by atoms with Crippen LogP contribution in [0.4, 0.5) is 11.6 Å². The molecule has 5 rings (SSSR count). The quantitative estimate of drug-likeness (QED) is 0.353. The number of benzene rings is 1. The summed E-state index contributed by atoms with van der Waals surface area (Å²) in [5, 5.41) is 19.0. The molecule has 2 atom stereocenters. The summed E-state index contributed by atoms with van der Waals surface area (Å²) in [6.45, 7) is 7.72. The number of aromatic nitrogens is 5. The lowest BCUT2D eigenvalue weighted by Crippen LogP contribution is -2.25. The van der Waals surface area contributed by atoms with Crippen molar-refractivity contribution in [1.29, 1.82) is 0 Å². The molecule has 10 heteroatoms. The Kier molecular flexibility index (Phi) is 6.80. The zero-order valence-electron chi connectivity index (χ0n) is 21.8. The smallest absolute Gasteiger partial charge is 0.229 e. The molecule has 194 valence electrons. The largest absolute Gasteiger partial charge is 0.389 e. The maximum Gasteiger partial charge on any atom is 0.229 e. The van der Waals surface area contributed by atoms with Crippen molar-refractivity contribution >= 4 is 28.3 Å². The predicted octanol–water partition coefficient (Wildman–Crippen LogP) is 3.24. The number of likely N-dealkylation sites (tertiary alicyclic amines) is 1. The van der Waals surface area contributed by atoms with Gasteiger partial charge in [-0.15, -0.1) is 0 Å². The Labute approximate surface area is 215 Å². The third-order valence-electron chi connectivity index (χ3n) is 6.92. The molecule has 37 heavy (non-hydrogen) atoms. The number of carbonyl (C=O) groups is 1. The monoisotopic (exact) mass is 503 g/mol. The number of carbonyl (C=O) groups excluding carboxylic acids is 1. The van der Waals surface area contributed by atoms with Crippen molar-refractivity contribution in [3.8, 4) is 5.82 Å². The first kappa shape index (κ1) is 25.1. The molecular formula is C27H33N7O3. The predicted molar refractivity (Wildman–Crippen MR) is 141 cm³/mol. The molecule has 0 radical (unpaired) electrons. The van der Waals surface area contributed by atoms with Gasteiger partial charge in [-0.05, 0) is 25.1 Å². The van der Waals surface area contributed by atoms with Crippen LogP contribution >= 0.6 is 0 Å². The number of nitrogens with one attached hydrogen (secondary N) is 1. The molecule has 10 nitrogen and oxygen atoms in total. The molecule has 3 aromatic heterocycles. The number of nitrogens with zero attached hydrogens (tertiary/aromatic N) is 6. The van der Waals surface area contributed by atoms with Crippen LogP contribution in [-0.4, -0.2) is 72.5 Å². The van der Waals surface area contributed by atoms with E-state index in [0.717, 1.165) is 27.8 Å². The molecule has 4 heterocycles. The van der Waals surface area contributed by atoms with E-state index in [1.54, 1.807) is 18.0 Å². The second-order valence-corrected chi connectivity index (χ2v) is 9.99. The number of aliphatic hydroxyl groups excluding tert-OH is 1. The Morgan fingerprint density at radius 2 is 2.05 bits per heavy atom. The highest BCUT2D eigenvalue weighted by atomic mass is 16.5. The average molecular weight is 504 g/mol. The average Bonchev–Trinajstić information content (AvgIpc) is 3.53. The van der Waals surface area contributed by atoms with Gasteiger partial charge in [-0.2, -0.15) is 10.1 Å². The number of ether oxygens (including phenoxy) is 1. The molecule has 0 amide bonds. The number of hydrogen-bond donors (Lipinski definition) is 2. The molecule has 4 aromatic rings. The number of β-amino-alcohol motifs (C(OH)–C–C–N with tert-alkyl or cyclic N) is 1. The number of aliphatic hydroxyl groups is 1. The molecule has 0 bridgehead atoms. The maximum atomic E-state index is 12.7. The lowest BCUT2D eigenvalue weighted by Gasteiger charge is -2.14. The van der Waals surface area contributed by atoms with Crippen molar-refractivity contribution in [1.82, 2.24) is 29.2 Å². The van der Waals surface area contributed by atoms with E-state index in [1.165, 1.54) is 0 Å². The first-order valence-electron chi connectivity index (χ1n) is 12.5. The zero-order valence-corrected chi connectivity index (χ0v) is 21.8. The fourth-order valence-electron chi connectivity index (χ4n) is 4.85. The lowest BCUT2D eigenvalue weighted by molar-refractivity contribution is 0.0215. The first-order valence-corrected chi connectivity index (χ1v) is 12.5. The molecule has 0 saturated carbocycles. The third-order valence-corrected chi connectivity index (χ3v) is 6.92. The first-order chi connectivity index (χ1) is 17.7. The highest BCUT2D eigenvalue weighted by molar-refractivity contribution is 6.09. The number of rotatable bonds is 8. The van der Waals surface area contributed by atoms with Gasteiger partial charge in [-0.25, -0.2) is 9.67 Å². The van der Waals surface area contributed by atoms with Crippen molar-refractivity contribution in [2.45, 2.75) is 39.5 Å². The van der Waals surface area contributed by atoms with E-state index >= 15 is 0 Å². The Hall–Kier alpha value is -3.60. The molecule has 1 saturated heterocycles. The Morgan fingerprint density at radius 3 is 2.78 bits per heavy atom. The van der Waals surface area contributed by atoms with Crippen LogP contribution in [0.1, 0.15) is 35.5 Å².